The molecule has 18 heavy (non-hydrogen) atoms. The molecule has 0 amide bonds. The maximum absolute atomic E-state index is 5.76. The van der Waals surface area contributed by atoms with Crippen molar-refractivity contribution in [2.45, 2.75) is 13.3 Å². The number of imidazole rings is 1. The van der Waals surface area contributed by atoms with Gasteiger partial charge in [0.15, 0.2) is 0 Å². The number of fused-ring (bicyclic) bond motifs is 1. The van der Waals surface area contributed by atoms with Gasteiger partial charge in [-0.2, -0.15) is 0 Å². The third kappa shape index (κ3) is 2.48. The molecule has 0 spiro atoms. The first kappa shape index (κ1) is 12.9. The molecule has 0 saturated carbocycles. The van der Waals surface area contributed by atoms with Crippen LogP contribution in [0.1, 0.15) is 13.3 Å². The zero-order chi connectivity index (χ0) is 13.1. The van der Waals surface area contributed by atoms with Crippen molar-refractivity contribution >= 4 is 16.7 Å². The van der Waals surface area contributed by atoms with E-state index in [4.69, 9.17) is 5.73 Å². The summed E-state index contributed by atoms with van der Waals surface area (Å²) in [4.78, 5) is 6.65. The molecule has 0 fully saturated rings. The summed E-state index contributed by atoms with van der Waals surface area (Å²) in [5.41, 5.74) is 9.17. The number of nitrogens with two attached hydrogens (primary N) is 1. The normalized spacial score (nSPS) is 12.9. The van der Waals surface area contributed by atoms with Crippen molar-refractivity contribution in [3.8, 4) is 0 Å². The SMILES string of the molecule is CCC(CN)CN(C)c1ccc2c(c1)ncn2C. The fourth-order valence-corrected chi connectivity index (χ4v) is 2.22. The lowest BCUT2D eigenvalue weighted by atomic mass is 10.1. The Labute approximate surface area is 108 Å². The molecular formula is C14H22N4. The van der Waals surface area contributed by atoms with E-state index in [1.807, 2.05) is 17.9 Å². The molecule has 1 aromatic carbocycles. The monoisotopic (exact) mass is 246 g/mol. The van der Waals surface area contributed by atoms with Gasteiger partial charge in [0.05, 0.1) is 17.4 Å². The molecule has 98 valence electrons. The molecule has 4 heteroatoms. The van der Waals surface area contributed by atoms with E-state index in [9.17, 15) is 0 Å². The predicted octanol–water partition coefficient (Wildman–Crippen LogP) is 1.99. The van der Waals surface area contributed by atoms with Crippen LogP contribution in [0.15, 0.2) is 24.5 Å². The van der Waals surface area contributed by atoms with Crippen LogP contribution in [0, 0.1) is 5.92 Å². The number of benzene rings is 1. The summed E-state index contributed by atoms with van der Waals surface area (Å²) in [6, 6.07) is 6.41. The Bertz CT molecular complexity index is 513. The highest BCUT2D eigenvalue weighted by Crippen LogP contribution is 2.21. The van der Waals surface area contributed by atoms with Crippen LogP contribution in [0.3, 0.4) is 0 Å². The summed E-state index contributed by atoms with van der Waals surface area (Å²) in [5.74, 6) is 0.550. The molecule has 4 nitrogen and oxygen atoms in total. The number of rotatable bonds is 5. The van der Waals surface area contributed by atoms with Gasteiger partial charge in [-0.1, -0.05) is 13.3 Å². The quantitative estimate of drug-likeness (QED) is 0.877. The first-order chi connectivity index (χ1) is 8.65. The Hall–Kier alpha value is -1.55. The standard InChI is InChI=1S/C14H22N4/c1-4-11(8-15)9-17(2)12-5-6-14-13(7-12)16-10-18(14)3/h5-7,10-11H,4,8-9,15H2,1-3H3. The maximum atomic E-state index is 5.76. The molecule has 0 radical (unpaired) electrons. The number of hydrogen-bond acceptors (Lipinski definition) is 3. The van der Waals surface area contributed by atoms with Crippen molar-refractivity contribution in [2.24, 2.45) is 18.7 Å². The molecule has 0 bridgehead atoms. The van der Waals surface area contributed by atoms with E-state index in [1.165, 1.54) is 5.69 Å². The predicted molar refractivity (Wildman–Crippen MR) is 76.8 cm³/mol. The highest BCUT2D eigenvalue weighted by Gasteiger charge is 2.10. The fraction of sp³-hybridized carbons (Fsp3) is 0.500. The first-order valence-corrected chi connectivity index (χ1v) is 6.48. The fourth-order valence-electron chi connectivity index (χ4n) is 2.22. The molecule has 1 aromatic heterocycles. The summed E-state index contributed by atoms with van der Waals surface area (Å²) in [6.07, 6.45) is 2.97. The van der Waals surface area contributed by atoms with Gasteiger partial charge in [0.25, 0.3) is 0 Å². The van der Waals surface area contributed by atoms with Gasteiger partial charge in [0, 0.05) is 26.3 Å². The topological polar surface area (TPSA) is 47.1 Å². The summed E-state index contributed by atoms with van der Waals surface area (Å²) in [6.45, 7) is 3.92. The van der Waals surface area contributed by atoms with Crippen LogP contribution in [-0.4, -0.2) is 29.7 Å². The van der Waals surface area contributed by atoms with Gasteiger partial charge >= 0.3 is 0 Å². The lowest BCUT2D eigenvalue weighted by Crippen LogP contribution is -2.29. The van der Waals surface area contributed by atoms with E-state index >= 15 is 0 Å². The number of aryl methyl sites for hydroxylation is 1. The molecule has 2 N–H and O–H groups in total. The average molecular weight is 246 g/mol. The van der Waals surface area contributed by atoms with Crippen LogP contribution in [0.25, 0.3) is 11.0 Å². The van der Waals surface area contributed by atoms with Gasteiger partial charge in [-0.3, -0.25) is 0 Å². The van der Waals surface area contributed by atoms with Crippen LogP contribution < -0.4 is 10.6 Å². The van der Waals surface area contributed by atoms with Gasteiger partial charge < -0.3 is 15.2 Å². The number of anilines is 1. The van der Waals surface area contributed by atoms with Crippen molar-refractivity contribution in [1.29, 1.82) is 0 Å². The maximum Gasteiger partial charge on any atom is 0.0955 e. The van der Waals surface area contributed by atoms with E-state index in [-0.39, 0.29) is 0 Å². The minimum absolute atomic E-state index is 0.550. The lowest BCUT2D eigenvalue weighted by molar-refractivity contribution is 0.521. The third-order valence-corrected chi connectivity index (χ3v) is 3.59. The molecule has 1 atom stereocenters. The molecule has 2 rings (SSSR count). The number of nitrogens with zero attached hydrogens (tertiary/aromatic N) is 3. The molecule has 1 unspecified atom stereocenters. The minimum Gasteiger partial charge on any atom is -0.374 e. The largest absolute Gasteiger partial charge is 0.374 e. The summed E-state index contributed by atoms with van der Waals surface area (Å²) >= 11 is 0. The minimum atomic E-state index is 0.550. The summed E-state index contributed by atoms with van der Waals surface area (Å²) < 4.78 is 2.04. The van der Waals surface area contributed by atoms with Crippen molar-refractivity contribution in [3.05, 3.63) is 24.5 Å². The van der Waals surface area contributed by atoms with E-state index in [0.29, 0.717) is 5.92 Å². The van der Waals surface area contributed by atoms with E-state index in [0.717, 1.165) is 30.5 Å². The van der Waals surface area contributed by atoms with Crippen LogP contribution in [0.5, 0.6) is 0 Å². The smallest absolute Gasteiger partial charge is 0.0955 e. The Morgan fingerprint density at radius 1 is 1.44 bits per heavy atom. The molecule has 0 aliphatic rings. The third-order valence-electron chi connectivity index (χ3n) is 3.59. The van der Waals surface area contributed by atoms with Crippen molar-refractivity contribution in [1.82, 2.24) is 9.55 Å². The molecular weight excluding hydrogens is 224 g/mol. The average Bonchev–Trinajstić information content (AvgIpc) is 2.77. The van der Waals surface area contributed by atoms with Crippen molar-refractivity contribution in [2.75, 3.05) is 25.0 Å². The van der Waals surface area contributed by atoms with Gasteiger partial charge in [-0.15, -0.1) is 0 Å². The first-order valence-electron chi connectivity index (χ1n) is 6.48. The van der Waals surface area contributed by atoms with Crippen LogP contribution >= 0.6 is 0 Å². The molecule has 2 aromatic rings. The van der Waals surface area contributed by atoms with E-state index in [1.54, 1.807) is 0 Å². The highest BCUT2D eigenvalue weighted by atomic mass is 15.1. The number of aromatic nitrogens is 2. The Balaban J connectivity index is 2.19. The Morgan fingerprint density at radius 3 is 2.89 bits per heavy atom. The molecule has 0 saturated heterocycles. The van der Waals surface area contributed by atoms with E-state index in [2.05, 4.69) is 42.1 Å². The molecule has 0 aliphatic carbocycles. The van der Waals surface area contributed by atoms with E-state index < -0.39 is 0 Å². The number of hydrogen-bond donors (Lipinski definition) is 1. The van der Waals surface area contributed by atoms with Crippen molar-refractivity contribution in [3.63, 3.8) is 0 Å². The lowest BCUT2D eigenvalue weighted by Gasteiger charge is -2.24. The summed E-state index contributed by atoms with van der Waals surface area (Å²) in [5, 5.41) is 0. The summed E-state index contributed by atoms with van der Waals surface area (Å²) in [7, 11) is 4.13. The molecule has 0 aliphatic heterocycles. The zero-order valence-corrected chi connectivity index (χ0v) is 11.4. The van der Waals surface area contributed by atoms with Gasteiger partial charge in [0.1, 0.15) is 0 Å². The van der Waals surface area contributed by atoms with Crippen LogP contribution in [0.2, 0.25) is 0 Å². The second-order valence-electron chi connectivity index (χ2n) is 4.92. The van der Waals surface area contributed by atoms with Gasteiger partial charge in [-0.25, -0.2) is 4.98 Å². The molecule has 1 heterocycles. The van der Waals surface area contributed by atoms with Gasteiger partial charge in [0.2, 0.25) is 0 Å². The van der Waals surface area contributed by atoms with Crippen LogP contribution in [-0.2, 0) is 7.05 Å². The second kappa shape index (κ2) is 5.40. The van der Waals surface area contributed by atoms with Gasteiger partial charge in [-0.05, 0) is 30.7 Å². The second-order valence-corrected chi connectivity index (χ2v) is 4.92. The van der Waals surface area contributed by atoms with Crippen LogP contribution in [0.4, 0.5) is 5.69 Å². The zero-order valence-electron chi connectivity index (χ0n) is 11.4. The van der Waals surface area contributed by atoms with Crippen molar-refractivity contribution < 1.29 is 0 Å². The Kier molecular flexibility index (Phi) is 3.87. The highest BCUT2D eigenvalue weighted by molar-refractivity contribution is 5.79. The Morgan fingerprint density at radius 2 is 2.22 bits per heavy atom.